The largest absolute Gasteiger partial charge is 0.466 e. The van der Waals surface area contributed by atoms with Crippen molar-refractivity contribution in [2.45, 2.75) is 38.6 Å². The van der Waals surface area contributed by atoms with Crippen LogP contribution in [0.4, 0.5) is 5.69 Å². The lowest BCUT2D eigenvalue weighted by atomic mass is 9.97. The molecule has 7 nitrogen and oxygen atoms in total. The predicted octanol–water partition coefficient (Wildman–Crippen LogP) is 1.79. The highest BCUT2D eigenvalue weighted by Crippen LogP contribution is 2.20. The molecule has 146 valence electrons. The van der Waals surface area contributed by atoms with Crippen molar-refractivity contribution in [1.29, 1.82) is 0 Å². The molecule has 2 amide bonds. The maximum Gasteiger partial charge on any atom is 0.309 e. The van der Waals surface area contributed by atoms with E-state index in [2.05, 4.69) is 10.6 Å². The van der Waals surface area contributed by atoms with E-state index in [4.69, 9.17) is 4.74 Å². The number of carbonyl (C=O) groups is 3. The Morgan fingerprint density at radius 2 is 1.89 bits per heavy atom. The van der Waals surface area contributed by atoms with Gasteiger partial charge in [-0.2, -0.15) is 0 Å². The third-order valence-electron chi connectivity index (χ3n) is 4.90. The van der Waals surface area contributed by atoms with Gasteiger partial charge >= 0.3 is 5.97 Å². The van der Waals surface area contributed by atoms with Gasteiger partial charge in [-0.25, -0.2) is 0 Å². The summed E-state index contributed by atoms with van der Waals surface area (Å²) in [6.07, 6.45) is 3.50. The Morgan fingerprint density at radius 3 is 2.56 bits per heavy atom. The van der Waals surface area contributed by atoms with E-state index in [1.54, 1.807) is 24.3 Å². The number of nitrogens with one attached hydrogen (secondary N) is 2. The molecule has 1 aliphatic carbocycles. The number of anilines is 1. The van der Waals surface area contributed by atoms with Crippen molar-refractivity contribution >= 4 is 23.5 Å². The van der Waals surface area contributed by atoms with Crippen molar-refractivity contribution in [3.8, 4) is 0 Å². The zero-order valence-corrected chi connectivity index (χ0v) is 15.7. The van der Waals surface area contributed by atoms with Gasteiger partial charge in [0.2, 0.25) is 5.91 Å². The van der Waals surface area contributed by atoms with Crippen LogP contribution in [0.3, 0.4) is 0 Å². The number of ether oxygens (including phenoxy) is 1. The fourth-order valence-electron chi connectivity index (χ4n) is 3.23. The summed E-state index contributed by atoms with van der Waals surface area (Å²) in [5.41, 5.74) is 1.17. The molecular formula is C20H27N3O4. The fraction of sp³-hybridized carbons (Fsp3) is 0.550. The third-order valence-corrected chi connectivity index (χ3v) is 4.90. The molecule has 1 aliphatic heterocycles. The molecule has 1 saturated heterocycles. The molecule has 0 aromatic heterocycles. The van der Waals surface area contributed by atoms with E-state index in [9.17, 15) is 14.4 Å². The normalized spacial score (nSPS) is 18.0. The molecule has 0 spiro atoms. The molecule has 2 fully saturated rings. The summed E-state index contributed by atoms with van der Waals surface area (Å²) in [6, 6.07) is 7.28. The van der Waals surface area contributed by atoms with Crippen molar-refractivity contribution in [2.24, 2.45) is 5.92 Å². The number of rotatable bonds is 7. The number of hydrogen-bond acceptors (Lipinski definition) is 5. The molecular weight excluding hydrogens is 346 g/mol. The van der Waals surface area contributed by atoms with Crippen LogP contribution in [0.25, 0.3) is 0 Å². The summed E-state index contributed by atoms with van der Waals surface area (Å²) in [5, 5.41) is 5.80. The standard InChI is InChI=1S/C20H27N3O4/c1-2-27-20(26)14-8-10-23(11-9-14)13-18(24)21-17-5-3-4-15(12-17)19(25)22-16-6-7-16/h3-5,12,14,16H,2,6-11,13H2,1H3,(H,21,24)(H,22,25). The van der Waals surface area contributed by atoms with Gasteiger partial charge in [-0.1, -0.05) is 6.07 Å². The molecule has 0 bridgehead atoms. The van der Waals surface area contributed by atoms with Crippen LogP contribution >= 0.6 is 0 Å². The molecule has 2 aliphatic rings. The second-order valence-electron chi connectivity index (χ2n) is 7.18. The first-order valence-electron chi connectivity index (χ1n) is 9.65. The number of amides is 2. The maximum absolute atomic E-state index is 12.3. The van der Waals surface area contributed by atoms with Gasteiger partial charge in [0.05, 0.1) is 19.1 Å². The number of hydrogen-bond donors (Lipinski definition) is 2. The maximum atomic E-state index is 12.3. The van der Waals surface area contributed by atoms with Crippen molar-refractivity contribution in [3.05, 3.63) is 29.8 Å². The zero-order valence-electron chi connectivity index (χ0n) is 15.7. The van der Waals surface area contributed by atoms with Crippen molar-refractivity contribution in [3.63, 3.8) is 0 Å². The zero-order chi connectivity index (χ0) is 19.2. The van der Waals surface area contributed by atoms with Gasteiger partial charge < -0.3 is 15.4 Å². The average molecular weight is 373 g/mol. The Bertz CT molecular complexity index is 694. The average Bonchev–Trinajstić information content (AvgIpc) is 3.46. The van der Waals surface area contributed by atoms with Crippen LogP contribution in [-0.2, 0) is 14.3 Å². The van der Waals surface area contributed by atoms with Crippen molar-refractivity contribution in [2.75, 3.05) is 31.6 Å². The van der Waals surface area contributed by atoms with E-state index in [0.717, 1.165) is 12.8 Å². The third kappa shape index (κ3) is 5.79. The van der Waals surface area contributed by atoms with Gasteiger partial charge in [-0.15, -0.1) is 0 Å². The number of likely N-dealkylation sites (tertiary alicyclic amines) is 1. The van der Waals surface area contributed by atoms with Crippen LogP contribution in [0.5, 0.6) is 0 Å². The molecule has 1 aromatic rings. The Hall–Kier alpha value is -2.41. The first kappa shape index (κ1) is 19.4. The van der Waals surface area contributed by atoms with Crippen LogP contribution in [0.2, 0.25) is 0 Å². The van der Waals surface area contributed by atoms with E-state index in [1.807, 2.05) is 11.8 Å². The minimum Gasteiger partial charge on any atom is -0.466 e. The van der Waals surface area contributed by atoms with E-state index in [0.29, 0.717) is 49.8 Å². The highest BCUT2D eigenvalue weighted by atomic mass is 16.5. The minimum absolute atomic E-state index is 0.0640. The molecule has 0 radical (unpaired) electrons. The molecule has 3 rings (SSSR count). The van der Waals surface area contributed by atoms with Crippen LogP contribution in [0.15, 0.2) is 24.3 Å². The lowest BCUT2D eigenvalue weighted by Gasteiger charge is -2.30. The topological polar surface area (TPSA) is 87.7 Å². The molecule has 27 heavy (non-hydrogen) atoms. The van der Waals surface area contributed by atoms with E-state index in [1.165, 1.54) is 0 Å². The number of nitrogens with zero attached hydrogens (tertiary/aromatic N) is 1. The quantitative estimate of drug-likeness (QED) is 0.712. The summed E-state index contributed by atoms with van der Waals surface area (Å²) in [5.74, 6) is -0.423. The number of benzene rings is 1. The molecule has 0 atom stereocenters. The molecule has 1 aromatic carbocycles. The first-order valence-corrected chi connectivity index (χ1v) is 9.65. The second-order valence-corrected chi connectivity index (χ2v) is 7.18. The predicted molar refractivity (Wildman–Crippen MR) is 101 cm³/mol. The van der Waals surface area contributed by atoms with Gasteiger partial charge in [0.1, 0.15) is 0 Å². The van der Waals surface area contributed by atoms with Crippen LogP contribution in [0.1, 0.15) is 43.0 Å². The minimum atomic E-state index is -0.136. The second kappa shape index (κ2) is 8.99. The molecule has 1 saturated carbocycles. The number of esters is 1. The van der Waals surface area contributed by atoms with Gasteiger partial charge in [0.15, 0.2) is 0 Å². The Morgan fingerprint density at radius 1 is 1.15 bits per heavy atom. The summed E-state index contributed by atoms with van der Waals surface area (Å²) in [6.45, 7) is 3.87. The lowest BCUT2D eigenvalue weighted by Crippen LogP contribution is -2.41. The van der Waals surface area contributed by atoms with E-state index >= 15 is 0 Å². The van der Waals surface area contributed by atoms with Crippen LogP contribution in [-0.4, -0.2) is 55.0 Å². The lowest BCUT2D eigenvalue weighted by molar-refractivity contribution is -0.149. The summed E-state index contributed by atoms with van der Waals surface area (Å²) in [7, 11) is 0. The Labute approximate surface area is 159 Å². The van der Waals surface area contributed by atoms with Gasteiger partial charge in [0, 0.05) is 17.3 Å². The fourth-order valence-corrected chi connectivity index (χ4v) is 3.23. The molecule has 0 unspecified atom stereocenters. The van der Waals surface area contributed by atoms with Crippen LogP contribution < -0.4 is 10.6 Å². The van der Waals surface area contributed by atoms with E-state index < -0.39 is 0 Å². The van der Waals surface area contributed by atoms with Gasteiger partial charge in [0.25, 0.3) is 5.91 Å². The highest BCUT2D eigenvalue weighted by Gasteiger charge is 2.27. The SMILES string of the molecule is CCOC(=O)C1CCN(CC(=O)Nc2cccc(C(=O)NC3CC3)c2)CC1. The Balaban J connectivity index is 1.45. The Kier molecular flexibility index (Phi) is 6.45. The highest BCUT2D eigenvalue weighted by molar-refractivity contribution is 5.97. The smallest absolute Gasteiger partial charge is 0.309 e. The summed E-state index contributed by atoms with van der Waals surface area (Å²) < 4.78 is 5.07. The summed E-state index contributed by atoms with van der Waals surface area (Å²) in [4.78, 5) is 38.2. The molecule has 2 N–H and O–H groups in total. The monoisotopic (exact) mass is 373 g/mol. The number of piperidine rings is 1. The molecule has 1 heterocycles. The van der Waals surface area contributed by atoms with Gasteiger partial charge in [-0.05, 0) is 63.9 Å². The van der Waals surface area contributed by atoms with E-state index in [-0.39, 0.29) is 30.2 Å². The summed E-state index contributed by atoms with van der Waals surface area (Å²) >= 11 is 0. The number of carbonyl (C=O) groups excluding carboxylic acids is 3. The van der Waals surface area contributed by atoms with Crippen LogP contribution in [0, 0.1) is 5.92 Å². The first-order chi connectivity index (χ1) is 13.0. The van der Waals surface area contributed by atoms with Gasteiger partial charge in [-0.3, -0.25) is 19.3 Å². The molecule has 7 heteroatoms. The van der Waals surface area contributed by atoms with Crippen molar-refractivity contribution in [1.82, 2.24) is 10.2 Å². The van der Waals surface area contributed by atoms with Crippen molar-refractivity contribution < 1.29 is 19.1 Å².